The smallest absolute Gasteiger partial charge is 0.351 e. The van der Waals surface area contributed by atoms with Crippen molar-refractivity contribution in [3.05, 3.63) is 65.7 Å². The third-order valence-electron chi connectivity index (χ3n) is 3.07. The summed E-state index contributed by atoms with van der Waals surface area (Å²) in [5, 5.41) is 0. The molecule has 0 aliphatic heterocycles. The van der Waals surface area contributed by atoms with Gasteiger partial charge in [-0.2, -0.15) is 0 Å². The minimum absolute atomic E-state index is 0.245. The van der Waals surface area contributed by atoms with Crippen LogP contribution in [0.25, 0.3) is 0 Å². The van der Waals surface area contributed by atoms with Crippen LogP contribution in [0.3, 0.4) is 0 Å². The molecule has 0 fully saturated rings. The van der Waals surface area contributed by atoms with Gasteiger partial charge in [-0.25, -0.2) is 9.59 Å². The van der Waals surface area contributed by atoms with Crippen LogP contribution in [0, 0.1) is 0 Å². The number of hydrogen-bond donors (Lipinski definition) is 0. The normalized spacial score (nSPS) is 11.4. The van der Waals surface area contributed by atoms with Crippen LogP contribution >= 0.6 is 0 Å². The van der Waals surface area contributed by atoms with E-state index in [4.69, 9.17) is 14.2 Å². The number of carbonyl (C=O) groups is 2. The highest BCUT2D eigenvalue weighted by atomic mass is 16.6. The van der Waals surface area contributed by atoms with Crippen molar-refractivity contribution in [2.75, 3.05) is 14.2 Å². The maximum atomic E-state index is 12.3. The lowest BCUT2D eigenvalue weighted by molar-refractivity contribution is -0.151. The molecule has 0 aromatic heterocycles. The number of ether oxygens (including phenoxy) is 3. The van der Waals surface area contributed by atoms with Crippen LogP contribution in [0.2, 0.25) is 0 Å². The van der Waals surface area contributed by atoms with Crippen molar-refractivity contribution < 1.29 is 23.8 Å². The number of esters is 2. The van der Waals surface area contributed by atoms with E-state index in [1.165, 1.54) is 14.2 Å². The van der Waals surface area contributed by atoms with E-state index in [2.05, 4.69) is 0 Å². The van der Waals surface area contributed by atoms with Gasteiger partial charge >= 0.3 is 11.9 Å². The zero-order valence-corrected chi connectivity index (χ0v) is 12.3. The van der Waals surface area contributed by atoms with Gasteiger partial charge in [-0.3, -0.25) is 0 Å². The summed E-state index contributed by atoms with van der Waals surface area (Å²) in [5.41, 5.74) is 0.785. The van der Waals surface area contributed by atoms with Crippen LogP contribution in [0.15, 0.2) is 54.6 Å². The summed E-state index contributed by atoms with van der Waals surface area (Å²) < 4.78 is 15.2. The zero-order valence-electron chi connectivity index (χ0n) is 12.3. The Labute approximate surface area is 128 Å². The summed E-state index contributed by atoms with van der Waals surface area (Å²) in [4.78, 5) is 24.2. The van der Waals surface area contributed by atoms with E-state index in [1.807, 2.05) is 0 Å². The number of benzene rings is 2. The van der Waals surface area contributed by atoms with Gasteiger partial charge < -0.3 is 14.2 Å². The third kappa shape index (κ3) is 3.44. The highest BCUT2D eigenvalue weighted by Gasteiger charge is 2.27. The molecule has 0 amide bonds. The van der Waals surface area contributed by atoms with E-state index in [-0.39, 0.29) is 5.56 Å². The second kappa shape index (κ2) is 7.26. The molecule has 2 aromatic carbocycles. The first-order chi connectivity index (χ1) is 10.7. The molecule has 5 nitrogen and oxygen atoms in total. The van der Waals surface area contributed by atoms with Gasteiger partial charge in [0, 0.05) is 5.56 Å². The first kappa shape index (κ1) is 15.6. The molecule has 114 valence electrons. The largest absolute Gasteiger partial charge is 0.496 e. The Morgan fingerprint density at radius 2 is 1.55 bits per heavy atom. The van der Waals surface area contributed by atoms with E-state index in [0.717, 1.165) is 0 Å². The first-order valence-corrected chi connectivity index (χ1v) is 6.64. The summed E-state index contributed by atoms with van der Waals surface area (Å²) in [6, 6.07) is 15.3. The number of para-hydroxylation sites is 1. The minimum Gasteiger partial charge on any atom is -0.496 e. The fourth-order valence-electron chi connectivity index (χ4n) is 1.97. The molecule has 1 unspecified atom stereocenters. The standard InChI is InChI=1S/C17H16O5/c1-20-14-11-7-6-10-13(14)16(18)22-15(17(19)21-2)12-8-4-3-5-9-12/h3-11,15H,1-2H3. The van der Waals surface area contributed by atoms with Crippen LogP contribution in [-0.2, 0) is 14.3 Å². The Morgan fingerprint density at radius 3 is 2.18 bits per heavy atom. The van der Waals surface area contributed by atoms with Crippen molar-refractivity contribution >= 4 is 11.9 Å². The van der Waals surface area contributed by atoms with E-state index >= 15 is 0 Å². The molecular weight excluding hydrogens is 284 g/mol. The number of carbonyl (C=O) groups excluding carboxylic acids is 2. The fourth-order valence-corrected chi connectivity index (χ4v) is 1.97. The molecule has 2 rings (SSSR count). The van der Waals surface area contributed by atoms with Crippen molar-refractivity contribution in [3.63, 3.8) is 0 Å². The van der Waals surface area contributed by atoms with Crippen molar-refractivity contribution in [2.45, 2.75) is 6.10 Å². The van der Waals surface area contributed by atoms with Crippen LogP contribution in [-0.4, -0.2) is 26.2 Å². The van der Waals surface area contributed by atoms with Crippen LogP contribution in [0.4, 0.5) is 0 Å². The van der Waals surface area contributed by atoms with Crippen LogP contribution in [0.1, 0.15) is 22.0 Å². The monoisotopic (exact) mass is 300 g/mol. The Balaban J connectivity index is 2.27. The average molecular weight is 300 g/mol. The summed E-state index contributed by atoms with van der Waals surface area (Å²) in [6.45, 7) is 0. The lowest BCUT2D eigenvalue weighted by Gasteiger charge is -2.16. The molecule has 5 heteroatoms. The van der Waals surface area contributed by atoms with Crippen molar-refractivity contribution in [1.29, 1.82) is 0 Å². The number of methoxy groups -OCH3 is 2. The predicted octanol–water partition coefficient (Wildman–Crippen LogP) is 2.77. The highest BCUT2D eigenvalue weighted by Crippen LogP contribution is 2.24. The van der Waals surface area contributed by atoms with Gasteiger partial charge in [0.1, 0.15) is 11.3 Å². The quantitative estimate of drug-likeness (QED) is 0.795. The van der Waals surface area contributed by atoms with Gasteiger partial charge in [0.15, 0.2) is 0 Å². The molecule has 0 aliphatic rings. The molecular formula is C17H16O5. The molecule has 0 spiro atoms. The maximum Gasteiger partial charge on any atom is 0.351 e. The molecule has 0 bridgehead atoms. The molecule has 0 N–H and O–H groups in total. The van der Waals surface area contributed by atoms with Gasteiger partial charge in [-0.1, -0.05) is 42.5 Å². The summed E-state index contributed by atoms with van der Waals surface area (Å²) >= 11 is 0. The number of rotatable bonds is 5. The summed E-state index contributed by atoms with van der Waals surface area (Å²) in [5.74, 6) is -0.921. The van der Waals surface area contributed by atoms with Crippen molar-refractivity contribution in [3.8, 4) is 5.75 Å². The Morgan fingerprint density at radius 1 is 0.909 bits per heavy atom. The molecule has 1 atom stereocenters. The van der Waals surface area contributed by atoms with E-state index < -0.39 is 18.0 Å². The van der Waals surface area contributed by atoms with Gasteiger partial charge in [0.25, 0.3) is 0 Å². The number of hydrogen-bond acceptors (Lipinski definition) is 5. The zero-order chi connectivity index (χ0) is 15.9. The van der Waals surface area contributed by atoms with Gasteiger partial charge in [-0.05, 0) is 12.1 Å². The maximum absolute atomic E-state index is 12.3. The molecule has 0 saturated carbocycles. The Kier molecular flexibility index (Phi) is 5.14. The molecule has 0 radical (unpaired) electrons. The second-order valence-electron chi connectivity index (χ2n) is 4.42. The lowest BCUT2D eigenvalue weighted by atomic mass is 10.1. The van der Waals surface area contributed by atoms with Gasteiger partial charge in [-0.15, -0.1) is 0 Å². The third-order valence-corrected chi connectivity index (χ3v) is 3.07. The van der Waals surface area contributed by atoms with E-state index in [0.29, 0.717) is 11.3 Å². The average Bonchev–Trinajstić information content (AvgIpc) is 2.59. The topological polar surface area (TPSA) is 61.8 Å². The molecule has 0 saturated heterocycles. The second-order valence-corrected chi connectivity index (χ2v) is 4.42. The summed E-state index contributed by atoms with van der Waals surface area (Å²) in [6.07, 6.45) is -1.12. The molecule has 0 aliphatic carbocycles. The Hall–Kier alpha value is -2.82. The van der Waals surface area contributed by atoms with Crippen LogP contribution in [0.5, 0.6) is 5.75 Å². The SMILES string of the molecule is COC(=O)C(OC(=O)c1ccccc1OC)c1ccccc1. The van der Waals surface area contributed by atoms with Crippen LogP contribution < -0.4 is 4.74 Å². The van der Waals surface area contributed by atoms with Crippen molar-refractivity contribution in [2.24, 2.45) is 0 Å². The Bertz CT molecular complexity index is 651. The molecule has 2 aromatic rings. The molecule has 22 heavy (non-hydrogen) atoms. The fraction of sp³-hybridized carbons (Fsp3) is 0.176. The minimum atomic E-state index is -1.12. The van der Waals surface area contributed by atoms with E-state index in [1.54, 1.807) is 54.6 Å². The predicted molar refractivity (Wildman–Crippen MR) is 79.6 cm³/mol. The molecule has 0 heterocycles. The van der Waals surface area contributed by atoms with Gasteiger partial charge in [0.2, 0.25) is 6.10 Å². The summed E-state index contributed by atoms with van der Waals surface area (Å²) in [7, 11) is 2.70. The lowest BCUT2D eigenvalue weighted by Crippen LogP contribution is -2.21. The highest BCUT2D eigenvalue weighted by molar-refractivity contribution is 5.94. The van der Waals surface area contributed by atoms with Gasteiger partial charge in [0.05, 0.1) is 14.2 Å². The first-order valence-electron chi connectivity index (χ1n) is 6.64. The van der Waals surface area contributed by atoms with Crippen molar-refractivity contribution in [1.82, 2.24) is 0 Å². The van der Waals surface area contributed by atoms with E-state index in [9.17, 15) is 9.59 Å².